The lowest BCUT2D eigenvalue weighted by Crippen LogP contribution is -2.11. The van der Waals surface area contributed by atoms with Gasteiger partial charge in [-0.1, -0.05) is 23.7 Å². The largest absolute Gasteiger partial charge is 0.382 e. The summed E-state index contributed by atoms with van der Waals surface area (Å²) < 4.78 is 5.61. The summed E-state index contributed by atoms with van der Waals surface area (Å²) in [6, 6.07) is 11.6. The summed E-state index contributed by atoms with van der Waals surface area (Å²) in [6.07, 6.45) is 0. The highest BCUT2D eigenvalue weighted by molar-refractivity contribution is 6.30. The second kappa shape index (κ2) is 7.79. The van der Waals surface area contributed by atoms with Crippen molar-refractivity contribution in [2.75, 3.05) is 18.5 Å². The first-order valence-electron chi connectivity index (χ1n) is 7.04. The number of hydrogen-bond donors (Lipinski definition) is 1. The number of nitrogens with zero attached hydrogens (tertiary/aromatic N) is 2. The van der Waals surface area contributed by atoms with Crippen LogP contribution < -0.4 is 5.32 Å². The number of aryl methyl sites for hydroxylation is 2. The standard InChI is InChI=1S/C17H18ClN3O/c1-12-9-17(16(10-19)13(2)21-12)20-7-8-22-11-14-3-5-15(18)6-4-14/h3-6,9H,7-8,11H2,1-2H3,(H,20,21). The average Bonchev–Trinajstić information content (AvgIpc) is 2.48. The molecule has 0 spiro atoms. The van der Waals surface area contributed by atoms with Crippen molar-refractivity contribution in [3.63, 3.8) is 0 Å². The second-order valence-electron chi connectivity index (χ2n) is 4.99. The molecule has 0 aliphatic carbocycles. The quantitative estimate of drug-likeness (QED) is 0.823. The van der Waals surface area contributed by atoms with E-state index in [0.29, 0.717) is 25.3 Å². The van der Waals surface area contributed by atoms with Gasteiger partial charge in [0.15, 0.2) is 0 Å². The average molecular weight is 316 g/mol. The number of aromatic nitrogens is 1. The minimum atomic E-state index is 0.540. The van der Waals surface area contributed by atoms with Gasteiger partial charge in [0.1, 0.15) is 6.07 Å². The minimum Gasteiger partial charge on any atom is -0.382 e. The van der Waals surface area contributed by atoms with Gasteiger partial charge >= 0.3 is 0 Å². The third-order valence-corrected chi connectivity index (χ3v) is 3.44. The summed E-state index contributed by atoms with van der Waals surface area (Å²) in [6.45, 7) is 5.47. The Morgan fingerprint density at radius 3 is 2.68 bits per heavy atom. The van der Waals surface area contributed by atoms with Crippen LogP contribution in [0.15, 0.2) is 30.3 Å². The molecule has 0 unspecified atom stereocenters. The smallest absolute Gasteiger partial charge is 0.103 e. The Balaban J connectivity index is 1.82. The number of nitrogens with one attached hydrogen (secondary N) is 1. The molecule has 1 aromatic heterocycles. The molecule has 1 aromatic carbocycles. The summed E-state index contributed by atoms with van der Waals surface area (Å²) in [5.74, 6) is 0. The topological polar surface area (TPSA) is 57.9 Å². The summed E-state index contributed by atoms with van der Waals surface area (Å²) in [4.78, 5) is 4.29. The number of rotatable bonds is 6. The second-order valence-corrected chi connectivity index (χ2v) is 5.43. The predicted octanol–water partition coefficient (Wildman–Crippen LogP) is 3.85. The molecule has 22 heavy (non-hydrogen) atoms. The highest BCUT2D eigenvalue weighted by Gasteiger charge is 2.07. The number of benzene rings is 1. The van der Waals surface area contributed by atoms with E-state index in [-0.39, 0.29) is 0 Å². The molecule has 1 N–H and O–H groups in total. The number of ether oxygens (including phenoxy) is 1. The third kappa shape index (κ3) is 4.45. The van der Waals surface area contributed by atoms with Crippen molar-refractivity contribution in [1.82, 2.24) is 4.98 Å². The Kier molecular flexibility index (Phi) is 5.76. The van der Waals surface area contributed by atoms with Crippen LogP contribution in [0, 0.1) is 25.2 Å². The maximum absolute atomic E-state index is 9.19. The van der Waals surface area contributed by atoms with Crippen LogP contribution in [0.2, 0.25) is 5.02 Å². The monoisotopic (exact) mass is 315 g/mol. The van der Waals surface area contributed by atoms with Crippen LogP contribution in [-0.4, -0.2) is 18.1 Å². The zero-order valence-corrected chi connectivity index (χ0v) is 13.4. The zero-order chi connectivity index (χ0) is 15.9. The van der Waals surface area contributed by atoms with E-state index in [9.17, 15) is 5.26 Å². The van der Waals surface area contributed by atoms with Crippen LogP contribution >= 0.6 is 11.6 Å². The molecule has 0 fully saturated rings. The molecule has 0 aliphatic rings. The van der Waals surface area contributed by atoms with E-state index in [2.05, 4.69) is 16.4 Å². The molecule has 0 aliphatic heterocycles. The van der Waals surface area contributed by atoms with Gasteiger partial charge in [-0.05, 0) is 37.6 Å². The van der Waals surface area contributed by atoms with Gasteiger partial charge < -0.3 is 10.1 Å². The predicted molar refractivity (Wildman–Crippen MR) is 88.0 cm³/mol. The van der Waals surface area contributed by atoms with Crippen molar-refractivity contribution in [1.29, 1.82) is 5.26 Å². The van der Waals surface area contributed by atoms with E-state index < -0.39 is 0 Å². The first-order chi connectivity index (χ1) is 10.6. The molecule has 2 aromatic rings. The Morgan fingerprint density at radius 2 is 2.00 bits per heavy atom. The van der Waals surface area contributed by atoms with Gasteiger partial charge in [-0.25, -0.2) is 0 Å². The van der Waals surface area contributed by atoms with Gasteiger partial charge in [-0.3, -0.25) is 4.98 Å². The lowest BCUT2D eigenvalue weighted by atomic mass is 10.1. The first kappa shape index (κ1) is 16.3. The third-order valence-electron chi connectivity index (χ3n) is 3.18. The summed E-state index contributed by atoms with van der Waals surface area (Å²) >= 11 is 5.84. The van der Waals surface area contributed by atoms with Crippen LogP contribution in [0.25, 0.3) is 0 Å². The van der Waals surface area contributed by atoms with Crippen LogP contribution in [0.3, 0.4) is 0 Å². The Hall–Kier alpha value is -2.09. The van der Waals surface area contributed by atoms with Gasteiger partial charge in [-0.2, -0.15) is 5.26 Å². The van der Waals surface area contributed by atoms with Crippen molar-refractivity contribution in [3.8, 4) is 6.07 Å². The van der Waals surface area contributed by atoms with Crippen molar-refractivity contribution >= 4 is 17.3 Å². The van der Waals surface area contributed by atoms with Crippen molar-refractivity contribution in [3.05, 3.63) is 57.9 Å². The first-order valence-corrected chi connectivity index (χ1v) is 7.42. The van der Waals surface area contributed by atoms with Crippen LogP contribution in [0.5, 0.6) is 0 Å². The molecule has 0 bridgehead atoms. The van der Waals surface area contributed by atoms with E-state index in [1.165, 1.54) is 0 Å². The van der Waals surface area contributed by atoms with Gasteiger partial charge in [0.05, 0.1) is 30.2 Å². The Labute approximate surface area is 135 Å². The van der Waals surface area contributed by atoms with E-state index in [1.54, 1.807) is 0 Å². The molecule has 1 heterocycles. The number of nitriles is 1. The fraction of sp³-hybridized carbons (Fsp3) is 0.294. The fourth-order valence-electron chi connectivity index (χ4n) is 2.14. The molecule has 2 rings (SSSR count). The van der Waals surface area contributed by atoms with Gasteiger partial charge in [-0.15, -0.1) is 0 Å². The molecule has 4 nitrogen and oxygen atoms in total. The van der Waals surface area contributed by atoms with Gasteiger partial charge in [0.25, 0.3) is 0 Å². The summed E-state index contributed by atoms with van der Waals surface area (Å²) in [7, 11) is 0. The van der Waals surface area contributed by atoms with E-state index >= 15 is 0 Å². The number of hydrogen-bond acceptors (Lipinski definition) is 4. The normalized spacial score (nSPS) is 10.3. The Morgan fingerprint density at radius 1 is 1.27 bits per heavy atom. The number of halogens is 1. The molecule has 0 saturated carbocycles. The minimum absolute atomic E-state index is 0.540. The maximum atomic E-state index is 9.19. The van der Waals surface area contributed by atoms with Crippen LogP contribution in [-0.2, 0) is 11.3 Å². The van der Waals surface area contributed by atoms with Gasteiger partial charge in [0.2, 0.25) is 0 Å². The Bertz CT molecular complexity index is 678. The highest BCUT2D eigenvalue weighted by Crippen LogP contribution is 2.18. The molecule has 0 saturated heterocycles. The molecular formula is C17H18ClN3O. The summed E-state index contributed by atoms with van der Waals surface area (Å²) in [5, 5.41) is 13.1. The van der Waals surface area contributed by atoms with Crippen molar-refractivity contribution in [2.24, 2.45) is 0 Å². The van der Waals surface area contributed by atoms with E-state index in [4.69, 9.17) is 16.3 Å². The van der Waals surface area contributed by atoms with Crippen molar-refractivity contribution in [2.45, 2.75) is 20.5 Å². The van der Waals surface area contributed by atoms with E-state index in [0.717, 1.165) is 27.7 Å². The fourth-order valence-corrected chi connectivity index (χ4v) is 2.26. The lowest BCUT2D eigenvalue weighted by Gasteiger charge is -2.11. The van der Waals surface area contributed by atoms with Crippen LogP contribution in [0.1, 0.15) is 22.5 Å². The molecular weight excluding hydrogens is 298 g/mol. The molecule has 114 valence electrons. The highest BCUT2D eigenvalue weighted by atomic mass is 35.5. The molecule has 5 heteroatoms. The molecule has 0 atom stereocenters. The summed E-state index contributed by atoms with van der Waals surface area (Å²) in [5.41, 5.74) is 4.11. The maximum Gasteiger partial charge on any atom is 0.103 e. The van der Waals surface area contributed by atoms with Crippen LogP contribution in [0.4, 0.5) is 5.69 Å². The van der Waals surface area contributed by atoms with E-state index in [1.807, 2.05) is 44.2 Å². The molecule has 0 radical (unpaired) electrons. The van der Waals surface area contributed by atoms with Crippen molar-refractivity contribution < 1.29 is 4.74 Å². The lowest BCUT2D eigenvalue weighted by molar-refractivity contribution is 0.130. The zero-order valence-electron chi connectivity index (χ0n) is 12.7. The number of anilines is 1. The van der Waals surface area contributed by atoms with Gasteiger partial charge in [0, 0.05) is 17.3 Å². The SMILES string of the molecule is Cc1cc(NCCOCc2ccc(Cl)cc2)c(C#N)c(C)n1. The number of pyridine rings is 1. The molecule has 0 amide bonds.